The Balaban J connectivity index is 1.62. The van der Waals surface area contributed by atoms with Crippen LogP contribution in [0.4, 0.5) is 11.4 Å². The topological polar surface area (TPSA) is 198 Å². The number of anilines is 2. The number of hydrogen-bond acceptors (Lipinski definition) is 9. The van der Waals surface area contributed by atoms with Crippen LogP contribution < -0.4 is 20.1 Å². The predicted molar refractivity (Wildman–Crippen MR) is 135 cm³/mol. The van der Waals surface area contributed by atoms with Gasteiger partial charge in [-0.3, -0.25) is 24.2 Å². The number of pyridine rings is 1. The highest BCUT2D eigenvalue weighted by Crippen LogP contribution is 2.17. The lowest BCUT2D eigenvalue weighted by atomic mass is 10.2. The van der Waals surface area contributed by atoms with E-state index in [2.05, 4.69) is 15.6 Å². The van der Waals surface area contributed by atoms with Crippen LogP contribution in [0.15, 0.2) is 76.7 Å². The van der Waals surface area contributed by atoms with Crippen LogP contribution in [0.3, 0.4) is 0 Å². The van der Waals surface area contributed by atoms with Gasteiger partial charge in [0.1, 0.15) is 5.69 Å². The lowest BCUT2D eigenvalue weighted by Crippen LogP contribution is -2.28. The highest BCUT2D eigenvalue weighted by atomic mass is 32.2. The third kappa shape index (κ3) is 7.21. The van der Waals surface area contributed by atoms with E-state index in [1.165, 1.54) is 66.9 Å². The molecule has 38 heavy (non-hydrogen) atoms. The first-order valence-corrected chi connectivity index (χ1v) is 13.6. The number of carbonyl (C=O) groups is 4. The zero-order valence-corrected chi connectivity index (χ0v) is 21.5. The van der Waals surface area contributed by atoms with Crippen molar-refractivity contribution in [3.05, 3.63) is 78.1 Å². The Hall–Kier alpha value is -4.63. The largest absolute Gasteiger partial charge is 0.322 e. The van der Waals surface area contributed by atoms with Gasteiger partial charge in [-0.2, -0.15) is 0 Å². The minimum absolute atomic E-state index is 0.0241. The fraction of sp³-hybridized carbons (Fsp3) is 0.0870. The van der Waals surface area contributed by atoms with Crippen molar-refractivity contribution in [2.75, 3.05) is 10.6 Å². The lowest BCUT2D eigenvalue weighted by molar-refractivity contribution is -0.118. The standard InChI is InChI=1S/C23H21N5O8S2/c1-14(29)27-37(33,34)19-8-4-17(5-9-19)25-22(31)16-3-12-21(24-13-16)23(32)26-18-6-10-20(11-7-18)38(35,36)28-15(2)30/h3-13H,1-2H3,(H,25,31)(H,26,32)(H,27,29)(H,28,30). The number of hydrogen-bond donors (Lipinski definition) is 4. The number of rotatable bonds is 8. The molecule has 4 N–H and O–H groups in total. The van der Waals surface area contributed by atoms with Gasteiger partial charge in [-0.1, -0.05) is 0 Å². The van der Waals surface area contributed by atoms with Crippen molar-refractivity contribution < 1.29 is 36.0 Å². The second kappa shape index (κ2) is 11.2. The van der Waals surface area contributed by atoms with Crippen LogP contribution in [0.2, 0.25) is 0 Å². The van der Waals surface area contributed by atoms with Crippen molar-refractivity contribution >= 4 is 55.1 Å². The molecule has 1 heterocycles. The van der Waals surface area contributed by atoms with E-state index in [-0.39, 0.29) is 32.4 Å². The molecule has 0 saturated heterocycles. The van der Waals surface area contributed by atoms with E-state index in [0.29, 0.717) is 0 Å². The predicted octanol–water partition coefficient (Wildman–Crippen LogP) is 1.24. The summed E-state index contributed by atoms with van der Waals surface area (Å²) in [6.07, 6.45) is 1.17. The van der Waals surface area contributed by atoms with Gasteiger partial charge >= 0.3 is 0 Å². The van der Waals surface area contributed by atoms with Gasteiger partial charge in [0.2, 0.25) is 11.8 Å². The summed E-state index contributed by atoms with van der Waals surface area (Å²) in [7, 11) is -8.02. The van der Waals surface area contributed by atoms with Gasteiger partial charge in [-0.05, 0) is 60.7 Å². The molecule has 0 aliphatic carbocycles. The van der Waals surface area contributed by atoms with Crippen molar-refractivity contribution in [1.29, 1.82) is 0 Å². The van der Waals surface area contributed by atoms with E-state index in [1.807, 2.05) is 9.44 Å². The molecule has 0 fully saturated rings. The van der Waals surface area contributed by atoms with Gasteiger partial charge in [0.05, 0.1) is 15.4 Å². The van der Waals surface area contributed by atoms with Gasteiger partial charge in [-0.15, -0.1) is 0 Å². The minimum atomic E-state index is -4.01. The van der Waals surface area contributed by atoms with E-state index >= 15 is 0 Å². The summed E-state index contributed by atoms with van der Waals surface area (Å²) in [4.78, 5) is 50.6. The van der Waals surface area contributed by atoms with E-state index < -0.39 is 43.7 Å². The van der Waals surface area contributed by atoms with Crippen molar-refractivity contribution in [1.82, 2.24) is 14.4 Å². The molecule has 0 radical (unpaired) electrons. The average Bonchev–Trinajstić information content (AvgIpc) is 2.83. The van der Waals surface area contributed by atoms with Gasteiger partial charge < -0.3 is 10.6 Å². The van der Waals surface area contributed by atoms with E-state index in [9.17, 15) is 36.0 Å². The first kappa shape index (κ1) is 27.9. The maximum Gasteiger partial charge on any atom is 0.274 e. The van der Waals surface area contributed by atoms with E-state index in [1.54, 1.807) is 0 Å². The third-order valence-electron chi connectivity index (χ3n) is 4.66. The number of nitrogens with one attached hydrogen (secondary N) is 4. The van der Waals surface area contributed by atoms with Crippen LogP contribution >= 0.6 is 0 Å². The van der Waals surface area contributed by atoms with Crippen molar-refractivity contribution in [2.45, 2.75) is 23.6 Å². The number of aromatic nitrogens is 1. The molecule has 3 rings (SSSR count). The zero-order valence-electron chi connectivity index (χ0n) is 19.9. The molecule has 0 aliphatic rings. The fourth-order valence-corrected chi connectivity index (χ4v) is 4.97. The minimum Gasteiger partial charge on any atom is -0.322 e. The Morgan fingerprint density at radius 3 is 1.39 bits per heavy atom. The van der Waals surface area contributed by atoms with Crippen LogP contribution in [0.25, 0.3) is 0 Å². The van der Waals surface area contributed by atoms with Crippen LogP contribution in [-0.2, 0) is 29.6 Å². The molecule has 198 valence electrons. The summed E-state index contributed by atoms with van der Waals surface area (Å²) >= 11 is 0. The number of amides is 4. The first-order valence-electron chi connectivity index (χ1n) is 10.6. The molecule has 0 saturated carbocycles. The molecule has 2 aromatic carbocycles. The van der Waals surface area contributed by atoms with Crippen molar-refractivity contribution in [3.8, 4) is 0 Å². The van der Waals surface area contributed by atoms with Crippen molar-refractivity contribution in [2.24, 2.45) is 0 Å². The van der Waals surface area contributed by atoms with Gasteiger partial charge in [0, 0.05) is 31.4 Å². The highest BCUT2D eigenvalue weighted by molar-refractivity contribution is 7.90. The summed E-state index contributed by atoms with van der Waals surface area (Å²) in [5, 5.41) is 5.09. The number of benzene rings is 2. The lowest BCUT2D eigenvalue weighted by Gasteiger charge is -2.09. The maximum absolute atomic E-state index is 12.5. The number of sulfonamides is 2. The molecule has 0 bridgehead atoms. The molecule has 0 spiro atoms. The molecule has 0 aliphatic heterocycles. The monoisotopic (exact) mass is 559 g/mol. The molecular weight excluding hydrogens is 538 g/mol. The van der Waals surface area contributed by atoms with Gasteiger partial charge in [0.15, 0.2) is 0 Å². The van der Waals surface area contributed by atoms with E-state index in [0.717, 1.165) is 13.8 Å². The number of nitrogens with zero attached hydrogens (tertiary/aromatic N) is 1. The Morgan fingerprint density at radius 2 is 1.03 bits per heavy atom. The molecule has 0 unspecified atom stereocenters. The van der Waals surface area contributed by atoms with Crippen LogP contribution in [0, 0.1) is 0 Å². The summed E-state index contributed by atoms with van der Waals surface area (Å²) in [5.41, 5.74) is 0.639. The van der Waals surface area contributed by atoms with Gasteiger partial charge in [-0.25, -0.2) is 26.3 Å². The second-order valence-electron chi connectivity index (χ2n) is 7.71. The third-order valence-corrected chi connectivity index (χ3v) is 7.56. The molecule has 0 atom stereocenters. The first-order chi connectivity index (χ1) is 17.8. The van der Waals surface area contributed by atoms with Crippen LogP contribution in [-0.4, -0.2) is 45.4 Å². The van der Waals surface area contributed by atoms with E-state index in [4.69, 9.17) is 0 Å². The molecular formula is C23H21N5O8S2. The Labute approximate surface area is 217 Å². The Morgan fingerprint density at radius 1 is 0.605 bits per heavy atom. The average molecular weight is 560 g/mol. The molecule has 3 aromatic rings. The normalized spacial score (nSPS) is 11.2. The summed E-state index contributed by atoms with van der Waals surface area (Å²) < 4.78 is 51.6. The quantitative estimate of drug-likeness (QED) is 0.314. The van der Waals surface area contributed by atoms with Crippen LogP contribution in [0.1, 0.15) is 34.7 Å². The summed E-state index contributed by atoms with van der Waals surface area (Å²) in [5.74, 6) is -2.67. The zero-order chi connectivity index (χ0) is 28.1. The maximum atomic E-state index is 12.5. The smallest absolute Gasteiger partial charge is 0.274 e. The fourth-order valence-electron chi connectivity index (χ4n) is 2.99. The Bertz CT molecular complexity index is 1480. The number of carbonyl (C=O) groups excluding carboxylic acids is 4. The molecule has 4 amide bonds. The Kier molecular flexibility index (Phi) is 8.23. The van der Waals surface area contributed by atoms with Crippen molar-refractivity contribution in [3.63, 3.8) is 0 Å². The summed E-state index contributed by atoms with van der Waals surface area (Å²) in [6.45, 7) is 2.13. The highest BCUT2D eigenvalue weighted by Gasteiger charge is 2.17. The van der Waals surface area contributed by atoms with Gasteiger partial charge in [0.25, 0.3) is 31.9 Å². The molecule has 13 nitrogen and oxygen atoms in total. The summed E-state index contributed by atoms with van der Waals surface area (Å²) in [6, 6.07) is 12.9. The SMILES string of the molecule is CC(=O)NS(=O)(=O)c1ccc(NC(=O)c2ccc(C(=O)Nc3ccc(S(=O)(=O)NC(C)=O)cc3)nc2)cc1. The molecule has 1 aromatic heterocycles. The molecule has 15 heteroatoms. The van der Waals surface area contributed by atoms with Crippen LogP contribution in [0.5, 0.6) is 0 Å². The second-order valence-corrected chi connectivity index (χ2v) is 11.1.